The second kappa shape index (κ2) is 12.0. The van der Waals surface area contributed by atoms with Crippen LogP contribution in [0.3, 0.4) is 0 Å². The molecule has 3 aromatic carbocycles. The average molecular weight is 488 g/mol. The highest BCUT2D eigenvalue weighted by Gasteiger charge is 2.27. The first-order valence-electron chi connectivity index (χ1n) is 11.9. The fraction of sp³-hybridized carbons (Fsp3) is 0.250. The summed E-state index contributed by atoms with van der Waals surface area (Å²) in [5, 5.41) is 15.0. The molecule has 8 heteroatoms. The van der Waals surface area contributed by atoms with Gasteiger partial charge in [-0.3, -0.25) is 14.9 Å². The number of carbonyl (C=O) groups is 3. The normalized spacial score (nSPS) is 15.7. The minimum Gasteiger partial charge on any atom is -0.478 e. The number of anilines is 1. The van der Waals surface area contributed by atoms with E-state index in [4.69, 9.17) is 9.84 Å². The van der Waals surface area contributed by atoms with Crippen LogP contribution in [0.5, 0.6) is 11.5 Å². The molecule has 1 atom stereocenters. The molecule has 4 rings (SSSR count). The Morgan fingerprint density at radius 3 is 2.31 bits per heavy atom. The summed E-state index contributed by atoms with van der Waals surface area (Å²) >= 11 is 0. The maximum absolute atomic E-state index is 13.1. The summed E-state index contributed by atoms with van der Waals surface area (Å²) in [7, 11) is 0. The summed E-state index contributed by atoms with van der Waals surface area (Å²) in [6.07, 6.45) is 2.41. The molecule has 3 aromatic rings. The summed E-state index contributed by atoms with van der Waals surface area (Å²) in [6.45, 7) is 1.04. The third-order valence-electron chi connectivity index (χ3n) is 5.98. The Kier molecular flexibility index (Phi) is 8.31. The van der Waals surface area contributed by atoms with E-state index >= 15 is 0 Å². The number of carbonyl (C=O) groups excluding carboxylic acids is 2. The number of carboxylic acid groups (broad SMARTS) is 1. The van der Waals surface area contributed by atoms with Crippen molar-refractivity contribution in [2.45, 2.75) is 31.8 Å². The summed E-state index contributed by atoms with van der Waals surface area (Å²) in [6, 6.07) is 22.6. The molecular formula is C28H29N3O5. The lowest BCUT2D eigenvalue weighted by atomic mass is 10.1. The van der Waals surface area contributed by atoms with Crippen LogP contribution in [0.25, 0.3) is 0 Å². The van der Waals surface area contributed by atoms with Gasteiger partial charge in [-0.2, -0.15) is 0 Å². The van der Waals surface area contributed by atoms with Gasteiger partial charge in [-0.25, -0.2) is 4.79 Å². The van der Waals surface area contributed by atoms with Crippen molar-refractivity contribution < 1.29 is 24.2 Å². The zero-order valence-electron chi connectivity index (χ0n) is 19.9. The SMILES string of the molecule is O=C(CNC1CCCCN(Cc2ccc(C(=O)O)cc2)C1=O)Nc1ccc(Oc2ccccc2)cc1. The lowest BCUT2D eigenvalue weighted by molar-refractivity contribution is -0.133. The third-order valence-corrected chi connectivity index (χ3v) is 5.98. The molecule has 1 fully saturated rings. The molecule has 0 spiro atoms. The Labute approximate surface area is 209 Å². The molecule has 8 nitrogen and oxygen atoms in total. The number of ether oxygens (including phenoxy) is 1. The highest BCUT2D eigenvalue weighted by molar-refractivity contribution is 5.93. The molecular weight excluding hydrogens is 458 g/mol. The van der Waals surface area contributed by atoms with Crippen LogP contribution in [0, 0.1) is 0 Å². The van der Waals surface area contributed by atoms with Crippen molar-refractivity contribution in [3.63, 3.8) is 0 Å². The van der Waals surface area contributed by atoms with E-state index in [0.717, 1.165) is 24.2 Å². The van der Waals surface area contributed by atoms with Crippen molar-refractivity contribution in [1.82, 2.24) is 10.2 Å². The van der Waals surface area contributed by atoms with Crippen LogP contribution in [0.15, 0.2) is 78.9 Å². The molecule has 0 aliphatic carbocycles. The van der Waals surface area contributed by atoms with E-state index in [0.29, 0.717) is 30.9 Å². The summed E-state index contributed by atoms with van der Waals surface area (Å²) in [4.78, 5) is 38.4. The number of aromatic carboxylic acids is 1. The Bertz CT molecular complexity index is 1180. The van der Waals surface area contributed by atoms with Gasteiger partial charge in [-0.1, -0.05) is 30.3 Å². The van der Waals surface area contributed by atoms with Gasteiger partial charge in [-0.15, -0.1) is 0 Å². The van der Waals surface area contributed by atoms with E-state index < -0.39 is 12.0 Å². The van der Waals surface area contributed by atoms with Crippen LogP contribution < -0.4 is 15.4 Å². The standard InChI is InChI=1S/C28H29N3O5/c32-26(30-22-13-15-24(16-14-22)36-23-6-2-1-3-7-23)18-29-25-8-4-5-17-31(27(25)33)19-20-9-11-21(12-10-20)28(34)35/h1-3,6-7,9-16,25,29H,4-5,8,17-19H2,(H,30,32)(H,34,35). The van der Waals surface area contributed by atoms with Crippen molar-refractivity contribution >= 4 is 23.5 Å². The van der Waals surface area contributed by atoms with E-state index in [2.05, 4.69) is 10.6 Å². The number of hydrogen-bond acceptors (Lipinski definition) is 5. The Morgan fingerprint density at radius 2 is 1.61 bits per heavy atom. The Balaban J connectivity index is 1.27. The first-order valence-corrected chi connectivity index (χ1v) is 11.9. The highest BCUT2D eigenvalue weighted by Crippen LogP contribution is 2.22. The molecule has 0 bridgehead atoms. The lowest BCUT2D eigenvalue weighted by Gasteiger charge is -2.25. The molecule has 0 saturated carbocycles. The predicted octanol–water partition coefficient (Wildman–Crippen LogP) is 4.29. The van der Waals surface area contributed by atoms with Gasteiger partial charge in [0.2, 0.25) is 11.8 Å². The number of nitrogens with zero attached hydrogens (tertiary/aromatic N) is 1. The number of hydrogen-bond donors (Lipinski definition) is 3. The Hall–Kier alpha value is -4.17. The molecule has 1 unspecified atom stereocenters. The van der Waals surface area contributed by atoms with Gasteiger partial charge in [0.15, 0.2) is 0 Å². The maximum atomic E-state index is 13.1. The van der Waals surface area contributed by atoms with Crippen LogP contribution in [-0.2, 0) is 16.1 Å². The van der Waals surface area contributed by atoms with Crippen LogP contribution in [0.4, 0.5) is 5.69 Å². The van der Waals surface area contributed by atoms with Crippen molar-refractivity contribution in [1.29, 1.82) is 0 Å². The van der Waals surface area contributed by atoms with Crippen LogP contribution in [0.2, 0.25) is 0 Å². The first-order chi connectivity index (χ1) is 17.5. The second-order valence-corrected chi connectivity index (χ2v) is 8.68. The Morgan fingerprint density at radius 1 is 0.917 bits per heavy atom. The maximum Gasteiger partial charge on any atom is 0.335 e. The van der Waals surface area contributed by atoms with E-state index in [1.165, 1.54) is 0 Å². The number of likely N-dealkylation sites (tertiary alicyclic amines) is 1. The zero-order valence-corrected chi connectivity index (χ0v) is 19.9. The predicted molar refractivity (Wildman–Crippen MR) is 136 cm³/mol. The van der Waals surface area contributed by atoms with E-state index in [1.54, 1.807) is 53.4 Å². The van der Waals surface area contributed by atoms with E-state index in [9.17, 15) is 14.4 Å². The van der Waals surface area contributed by atoms with Gasteiger partial charge in [0.25, 0.3) is 0 Å². The van der Waals surface area contributed by atoms with Gasteiger partial charge in [0.1, 0.15) is 11.5 Å². The number of benzene rings is 3. The largest absolute Gasteiger partial charge is 0.478 e. The topological polar surface area (TPSA) is 108 Å². The molecule has 1 heterocycles. The molecule has 186 valence electrons. The lowest BCUT2D eigenvalue weighted by Crippen LogP contribution is -2.47. The minimum atomic E-state index is -0.980. The smallest absolute Gasteiger partial charge is 0.335 e. The van der Waals surface area contributed by atoms with Gasteiger partial charge in [-0.05, 0) is 73.4 Å². The average Bonchev–Trinajstić information content (AvgIpc) is 3.06. The summed E-state index contributed by atoms with van der Waals surface area (Å²) < 4.78 is 5.76. The zero-order chi connectivity index (χ0) is 25.3. The van der Waals surface area contributed by atoms with Gasteiger partial charge >= 0.3 is 5.97 Å². The molecule has 0 radical (unpaired) electrons. The second-order valence-electron chi connectivity index (χ2n) is 8.68. The highest BCUT2D eigenvalue weighted by atomic mass is 16.5. The minimum absolute atomic E-state index is 0.0137. The van der Waals surface area contributed by atoms with E-state index in [-0.39, 0.29) is 23.9 Å². The number of nitrogens with one attached hydrogen (secondary N) is 2. The van der Waals surface area contributed by atoms with Gasteiger partial charge in [0.05, 0.1) is 18.2 Å². The van der Waals surface area contributed by atoms with Crippen molar-refractivity contribution in [3.8, 4) is 11.5 Å². The molecule has 0 aromatic heterocycles. The number of para-hydroxylation sites is 1. The van der Waals surface area contributed by atoms with Gasteiger partial charge in [0, 0.05) is 18.8 Å². The molecule has 1 aliphatic rings. The molecule has 2 amide bonds. The number of rotatable bonds is 9. The van der Waals surface area contributed by atoms with Crippen molar-refractivity contribution in [3.05, 3.63) is 90.0 Å². The molecule has 36 heavy (non-hydrogen) atoms. The first kappa shape index (κ1) is 24.9. The molecule has 1 aliphatic heterocycles. The monoisotopic (exact) mass is 487 g/mol. The quantitative estimate of drug-likeness (QED) is 0.416. The third kappa shape index (κ3) is 6.93. The summed E-state index contributed by atoms with van der Waals surface area (Å²) in [5.74, 6) is 0.132. The van der Waals surface area contributed by atoms with Crippen LogP contribution in [0.1, 0.15) is 35.2 Å². The molecule has 1 saturated heterocycles. The van der Waals surface area contributed by atoms with Gasteiger partial charge < -0.3 is 20.1 Å². The van der Waals surface area contributed by atoms with Crippen LogP contribution >= 0.6 is 0 Å². The fourth-order valence-electron chi connectivity index (χ4n) is 4.08. The number of carboxylic acids is 1. The van der Waals surface area contributed by atoms with Crippen LogP contribution in [-0.4, -0.2) is 46.9 Å². The summed E-state index contributed by atoms with van der Waals surface area (Å²) in [5.41, 5.74) is 1.72. The fourth-order valence-corrected chi connectivity index (χ4v) is 4.08. The van der Waals surface area contributed by atoms with E-state index in [1.807, 2.05) is 30.3 Å². The van der Waals surface area contributed by atoms with Crippen molar-refractivity contribution in [2.24, 2.45) is 0 Å². The van der Waals surface area contributed by atoms with Crippen molar-refractivity contribution in [2.75, 3.05) is 18.4 Å². The number of amides is 2. The molecule has 3 N–H and O–H groups in total.